The first-order valence-electron chi connectivity index (χ1n) is 6.58. The normalized spacial score (nSPS) is 27.0. The van der Waals surface area contributed by atoms with Crippen molar-refractivity contribution in [1.29, 1.82) is 0 Å². The zero-order chi connectivity index (χ0) is 12.6. The van der Waals surface area contributed by atoms with Crippen molar-refractivity contribution in [3.05, 3.63) is 54.1 Å². The Morgan fingerprint density at radius 3 is 2.44 bits per heavy atom. The van der Waals surface area contributed by atoms with Crippen LogP contribution in [0.25, 0.3) is 10.8 Å². The largest absolute Gasteiger partial charge is 0.213 e. The van der Waals surface area contributed by atoms with Gasteiger partial charge in [-0.2, -0.15) is 0 Å². The van der Waals surface area contributed by atoms with Crippen LogP contribution in [-0.4, -0.2) is 17.8 Å². The Balaban J connectivity index is 2.24. The Hall–Kier alpha value is -1.21. The summed E-state index contributed by atoms with van der Waals surface area (Å²) in [6.07, 6.45) is 8.46. The van der Waals surface area contributed by atoms with Crippen LogP contribution in [0.15, 0.2) is 53.4 Å². The van der Waals surface area contributed by atoms with Crippen molar-refractivity contribution >= 4 is 20.8 Å². The van der Waals surface area contributed by atoms with E-state index in [-0.39, 0.29) is 0 Å². The molecule has 0 aromatic heterocycles. The molecular formula is C17H20S. The second kappa shape index (κ2) is 4.47. The van der Waals surface area contributed by atoms with Gasteiger partial charge in [-0.3, -0.25) is 0 Å². The van der Waals surface area contributed by atoms with Gasteiger partial charge in [0.15, 0.2) is 0 Å². The van der Waals surface area contributed by atoms with E-state index < -0.39 is 10.0 Å². The van der Waals surface area contributed by atoms with Crippen molar-refractivity contribution in [2.24, 2.45) is 0 Å². The molecule has 0 spiro atoms. The summed E-state index contributed by atoms with van der Waals surface area (Å²) < 4.78 is 0. The highest BCUT2D eigenvalue weighted by Crippen LogP contribution is 2.56. The molecule has 94 valence electrons. The molecule has 1 unspecified atom stereocenters. The van der Waals surface area contributed by atoms with Crippen LogP contribution in [0.1, 0.15) is 12.0 Å². The van der Waals surface area contributed by atoms with E-state index in [9.17, 15) is 0 Å². The molecule has 3 rings (SSSR count). The molecule has 1 atom stereocenters. The molecule has 2 aromatic rings. The molecule has 0 nitrogen and oxygen atoms in total. The minimum atomic E-state index is -0.649. The quantitative estimate of drug-likeness (QED) is 0.636. The number of hydrogen-bond acceptors (Lipinski definition) is 0. The smallest absolute Gasteiger partial charge is 0.00101 e. The van der Waals surface area contributed by atoms with E-state index in [2.05, 4.69) is 61.7 Å². The maximum atomic E-state index is 2.49. The maximum Gasteiger partial charge on any atom is -0.00101 e. The molecule has 1 heterocycles. The molecule has 0 fully saturated rings. The van der Waals surface area contributed by atoms with E-state index in [1.807, 2.05) is 0 Å². The second-order valence-corrected chi connectivity index (χ2v) is 9.06. The van der Waals surface area contributed by atoms with Crippen LogP contribution < -0.4 is 0 Å². The van der Waals surface area contributed by atoms with Gasteiger partial charge < -0.3 is 0 Å². The maximum absolute atomic E-state index is 2.49. The van der Waals surface area contributed by atoms with Gasteiger partial charge >= 0.3 is 0 Å². The lowest BCUT2D eigenvalue weighted by Crippen LogP contribution is -2.11. The van der Waals surface area contributed by atoms with Crippen LogP contribution in [-0.2, 0) is 0 Å². The summed E-state index contributed by atoms with van der Waals surface area (Å²) in [5, 5.41) is 2.91. The van der Waals surface area contributed by atoms with Gasteiger partial charge in [-0.1, -0.05) is 42.5 Å². The molecule has 0 saturated heterocycles. The Labute approximate surface area is 111 Å². The van der Waals surface area contributed by atoms with Crippen molar-refractivity contribution in [3.63, 3.8) is 0 Å². The Morgan fingerprint density at radius 2 is 1.72 bits per heavy atom. The second-order valence-electron chi connectivity index (χ2n) is 5.33. The van der Waals surface area contributed by atoms with Crippen LogP contribution >= 0.6 is 10.0 Å². The third-order valence-corrected chi connectivity index (χ3v) is 7.48. The number of benzene rings is 2. The SMILES string of the molecule is Cc1ccc(S2(C)CC=CCC2)c2ccccc12. The van der Waals surface area contributed by atoms with E-state index >= 15 is 0 Å². The fourth-order valence-corrected chi connectivity index (χ4v) is 5.75. The highest BCUT2D eigenvalue weighted by atomic mass is 32.3. The first kappa shape index (κ1) is 11.9. The molecule has 0 radical (unpaired) electrons. The molecule has 0 aliphatic carbocycles. The van der Waals surface area contributed by atoms with E-state index in [1.54, 1.807) is 4.90 Å². The molecule has 1 heteroatoms. The van der Waals surface area contributed by atoms with Gasteiger partial charge in [0.05, 0.1) is 0 Å². The highest BCUT2D eigenvalue weighted by molar-refractivity contribution is 8.33. The molecule has 2 aromatic carbocycles. The van der Waals surface area contributed by atoms with Gasteiger partial charge in [0.1, 0.15) is 0 Å². The summed E-state index contributed by atoms with van der Waals surface area (Å²) in [5.74, 6) is 2.59. The van der Waals surface area contributed by atoms with Crippen molar-refractivity contribution in [3.8, 4) is 0 Å². The molecule has 1 aliphatic rings. The summed E-state index contributed by atoms with van der Waals surface area (Å²) in [4.78, 5) is 1.60. The number of allylic oxidation sites excluding steroid dienone is 1. The average molecular weight is 256 g/mol. The Bertz CT molecular complexity index is 612. The summed E-state index contributed by atoms with van der Waals surface area (Å²) in [5.41, 5.74) is 1.39. The van der Waals surface area contributed by atoms with Crippen LogP contribution in [0.3, 0.4) is 0 Å². The minimum absolute atomic E-state index is 0.649. The number of hydrogen-bond donors (Lipinski definition) is 0. The zero-order valence-corrected chi connectivity index (χ0v) is 12.0. The highest BCUT2D eigenvalue weighted by Gasteiger charge is 2.23. The molecule has 0 saturated carbocycles. The lowest BCUT2D eigenvalue weighted by Gasteiger charge is -2.38. The monoisotopic (exact) mass is 256 g/mol. The summed E-state index contributed by atoms with van der Waals surface area (Å²) in [7, 11) is -0.649. The minimum Gasteiger partial charge on any atom is -0.213 e. The molecule has 0 N–H and O–H groups in total. The van der Waals surface area contributed by atoms with E-state index in [0.29, 0.717) is 0 Å². The topological polar surface area (TPSA) is 0 Å². The Morgan fingerprint density at radius 1 is 0.944 bits per heavy atom. The molecule has 0 bridgehead atoms. The zero-order valence-electron chi connectivity index (χ0n) is 11.1. The molecular weight excluding hydrogens is 236 g/mol. The first-order chi connectivity index (χ1) is 8.71. The van der Waals surface area contributed by atoms with Crippen LogP contribution in [0.2, 0.25) is 0 Å². The predicted octanol–water partition coefficient (Wildman–Crippen LogP) is 4.90. The van der Waals surface area contributed by atoms with E-state index in [0.717, 1.165) is 0 Å². The van der Waals surface area contributed by atoms with Gasteiger partial charge in [-0.25, -0.2) is 10.0 Å². The van der Waals surface area contributed by atoms with Crippen LogP contribution in [0.5, 0.6) is 0 Å². The van der Waals surface area contributed by atoms with Crippen molar-refractivity contribution < 1.29 is 0 Å². The third-order valence-electron chi connectivity index (χ3n) is 4.00. The van der Waals surface area contributed by atoms with Gasteiger partial charge in [-0.05, 0) is 58.4 Å². The predicted molar refractivity (Wildman–Crippen MR) is 84.0 cm³/mol. The molecule has 18 heavy (non-hydrogen) atoms. The number of rotatable bonds is 1. The number of aryl methyl sites for hydroxylation is 1. The number of fused-ring (bicyclic) bond motifs is 1. The van der Waals surface area contributed by atoms with Gasteiger partial charge in [-0.15, -0.1) is 0 Å². The van der Waals surface area contributed by atoms with Crippen molar-refractivity contribution in [2.45, 2.75) is 18.2 Å². The van der Waals surface area contributed by atoms with Crippen LogP contribution in [0.4, 0.5) is 0 Å². The summed E-state index contributed by atoms with van der Waals surface area (Å²) in [6.45, 7) is 2.21. The first-order valence-corrected chi connectivity index (χ1v) is 8.96. The lowest BCUT2D eigenvalue weighted by molar-refractivity contribution is 1.18. The lowest BCUT2D eigenvalue weighted by atomic mass is 10.1. The van der Waals surface area contributed by atoms with E-state index in [4.69, 9.17) is 0 Å². The van der Waals surface area contributed by atoms with Gasteiger partial charge in [0.25, 0.3) is 0 Å². The standard InChI is InChI=1S/C17H20S/c1-14-10-11-17(16-9-5-4-8-15(14)16)18(2)12-6-3-7-13-18/h3-6,8-11H,7,12-13H2,1-2H3. The summed E-state index contributed by atoms with van der Waals surface area (Å²) >= 11 is 0. The van der Waals surface area contributed by atoms with Gasteiger partial charge in [0, 0.05) is 0 Å². The Kier molecular flexibility index (Phi) is 2.95. The fourth-order valence-electron chi connectivity index (χ4n) is 2.86. The fraction of sp³-hybridized carbons (Fsp3) is 0.294. The summed E-state index contributed by atoms with van der Waals surface area (Å²) in [6, 6.07) is 13.6. The average Bonchev–Trinajstić information content (AvgIpc) is 2.40. The molecule has 0 amide bonds. The molecule has 1 aliphatic heterocycles. The van der Waals surface area contributed by atoms with Gasteiger partial charge in [0.2, 0.25) is 0 Å². The third kappa shape index (κ3) is 1.87. The van der Waals surface area contributed by atoms with Crippen molar-refractivity contribution in [1.82, 2.24) is 0 Å². The van der Waals surface area contributed by atoms with Crippen LogP contribution in [0, 0.1) is 6.92 Å². The van der Waals surface area contributed by atoms with Crippen molar-refractivity contribution in [2.75, 3.05) is 17.8 Å². The van der Waals surface area contributed by atoms with E-state index in [1.165, 1.54) is 34.3 Å².